The van der Waals surface area contributed by atoms with Gasteiger partial charge in [0.05, 0.1) is 6.54 Å². The SMILES string of the molecule is O=C(O)CN1CCNCCNCCN(C(C(=O)O)C(=O)O)CC1. The normalized spacial score (nSPS) is 19.7. The Bertz CT molecular complexity index is 405. The molecule has 0 bridgehead atoms. The van der Waals surface area contributed by atoms with Gasteiger partial charge in [-0.1, -0.05) is 0 Å². The van der Waals surface area contributed by atoms with E-state index in [0.29, 0.717) is 32.7 Å². The summed E-state index contributed by atoms with van der Waals surface area (Å²) in [5, 5.41) is 33.5. The average Bonchev–Trinajstić information content (AvgIpc) is 2.43. The van der Waals surface area contributed by atoms with E-state index in [2.05, 4.69) is 10.6 Å². The molecule has 1 aliphatic rings. The summed E-state index contributed by atoms with van der Waals surface area (Å²) >= 11 is 0. The molecule has 0 amide bonds. The van der Waals surface area contributed by atoms with Crippen molar-refractivity contribution in [3.63, 3.8) is 0 Å². The van der Waals surface area contributed by atoms with Gasteiger partial charge in [-0.05, 0) is 0 Å². The summed E-state index contributed by atoms with van der Waals surface area (Å²) in [6, 6.07) is -1.63. The molecule has 1 saturated heterocycles. The lowest BCUT2D eigenvalue weighted by atomic mass is 10.2. The minimum Gasteiger partial charge on any atom is -0.480 e. The first kappa shape index (κ1) is 19.3. The van der Waals surface area contributed by atoms with Gasteiger partial charge >= 0.3 is 17.9 Å². The molecule has 0 radical (unpaired) electrons. The van der Waals surface area contributed by atoms with Crippen LogP contribution in [0.2, 0.25) is 0 Å². The molecule has 1 fully saturated rings. The first-order valence-corrected chi connectivity index (χ1v) is 7.47. The maximum absolute atomic E-state index is 11.2. The molecule has 0 atom stereocenters. The molecule has 1 rings (SSSR count). The molecule has 0 unspecified atom stereocenters. The molecule has 0 aromatic rings. The molecular formula is C13H24N4O6. The molecule has 0 aromatic carbocycles. The Hall–Kier alpha value is -1.75. The zero-order valence-electron chi connectivity index (χ0n) is 12.9. The van der Waals surface area contributed by atoms with Crippen molar-refractivity contribution in [2.24, 2.45) is 0 Å². The Morgan fingerprint density at radius 2 is 1.39 bits per heavy atom. The van der Waals surface area contributed by atoms with Crippen LogP contribution in [0.1, 0.15) is 0 Å². The van der Waals surface area contributed by atoms with Crippen molar-refractivity contribution >= 4 is 17.9 Å². The van der Waals surface area contributed by atoms with Crippen molar-refractivity contribution in [2.45, 2.75) is 6.04 Å². The molecule has 0 aliphatic carbocycles. The van der Waals surface area contributed by atoms with Crippen LogP contribution in [0.15, 0.2) is 0 Å². The predicted octanol–water partition coefficient (Wildman–Crippen LogP) is -2.59. The van der Waals surface area contributed by atoms with Crippen LogP contribution in [-0.2, 0) is 14.4 Å². The lowest BCUT2D eigenvalue weighted by molar-refractivity contribution is -0.157. The Kier molecular flexibility index (Phi) is 8.48. The van der Waals surface area contributed by atoms with E-state index in [-0.39, 0.29) is 26.2 Å². The van der Waals surface area contributed by atoms with Crippen LogP contribution >= 0.6 is 0 Å². The van der Waals surface area contributed by atoms with Crippen LogP contribution in [0.25, 0.3) is 0 Å². The van der Waals surface area contributed by atoms with Crippen molar-refractivity contribution in [2.75, 3.05) is 58.9 Å². The highest BCUT2D eigenvalue weighted by Crippen LogP contribution is 2.02. The number of nitrogens with one attached hydrogen (secondary N) is 2. The van der Waals surface area contributed by atoms with E-state index in [9.17, 15) is 14.4 Å². The van der Waals surface area contributed by atoms with Crippen molar-refractivity contribution < 1.29 is 29.7 Å². The second-order valence-corrected chi connectivity index (χ2v) is 5.28. The quantitative estimate of drug-likeness (QED) is 0.340. The number of hydrogen-bond acceptors (Lipinski definition) is 7. The maximum atomic E-state index is 11.2. The third-order valence-corrected chi connectivity index (χ3v) is 3.55. The summed E-state index contributed by atoms with van der Waals surface area (Å²) in [6.45, 7) is 3.45. The fourth-order valence-electron chi connectivity index (χ4n) is 2.41. The number of nitrogens with zero attached hydrogens (tertiary/aromatic N) is 2. The highest BCUT2D eigenvalue weighted by Gasteiger charge is 2.32. The number of carbonyl (C=O) groups is 3. The van der Waals surface area contributed by atoms with Gasteiger partial charge in [0, 0.05) is 52.4 Å². The fourth-order valence-corrected chi connectivity index (χ4v) is 2.41. The van der Waals surface area contributed by atoms with Crippen LogP contribution in [0.4, 0.5) is 0 Å². The smallest absolute Gasteiger partial charge is 0.332 e. The molecule has 1 heterocycles. The van der Waals surface area contributed by atoms with E-state index in [4.69, 9.17) is 15.3 Å². The molecule has 5 N–H and O–H groups in total. The molecule has 10 heteroatoms. The second kappa shape index (κ2) is 10.1. The van der Waals surface area contributed by atoms with Crippen molar-refractivity contribution in [3.8, 4) is 0 Å². The Labute approximate surface area is 134 Å². The van der Waals surface area contributed by atoms with E-state index in [0.717, 1.165) is 0 Å². The third kappa shape index (κ3) is 7.37. The number of aliphatic carboxylic acids is 3. The summed E-state index contributed by atoms with van der Waals surface area (Å²) < 4.78 is 0. The Morgan fingerprint density at radius 1 is 0.826 bits per heavy atom. The van der Waals surface area contributed by atoms with E-state index in [1.165, 1.54) is 4.90 Å². The zero-order valence-corrected chi connectivity index (χ0v) is 12.9. The second-order valence-electron chi connectivity index (χ2n) is 5.28. The molecule has 0 saturated carbocycles. The molecule has 0 spiro atoms. The number of rotatable bonds is 5. The molecule has 10 nitrogen and oxygen atoms in total. The fraction of sp³-hybridized carbons (Fsp3) is 0.769. The van der Waals surface area contributed by atoms with Gasteiger partial charge in [0.15, 0.2) is 0 Å². The molecule has 132 valence electrons. The minimum atomic E-state index is -1.63. The van der Waals surface area contributed by atoms with Gasteiger partial charge in [0.1, 0.15) is 0 Å². The van der Waals surface area contributed by atoms with Gasteiger partial charge < -0.3 is 26.0 Å². The molecular weight excluding hydrogens is 308 g/mol. The van der Waals surface area contributed by atoms with Crippen LogP contribution < -0.4 is 10.6 Å². The van der Waals surface area contributed by atoms with Gasteiger partial charge in [-0.15, -0.1) is 0 Å². The number of carboxylic acid groups (broad SMARTS) is 3. The minimum absolute atomic E-state index is 0.165. The van der Waals surface area contributed by atoms with Crippen molar-refractivity contribution in [3.05, 3.63) is 0 Å². The van der Waals surface area contributed by atoms with Crippen LogP contribution in [0.3, 0.4) is 0 Å². The standard InChI is InChI=1S/C13H24N4O6/c18-10(19)9-16-5-3-14-1-2-15-4-6-17(8-7-16)11(12(20)21)13(22)23/h11,14-15H,1-9H2,(H,18,19)(H,20,21)(H,22,23). The van der Waals surface area contributed by atoms with E-state index < -0.39 is 23.9 Å². The average molecular weight is 332 g/mol. The monoisotopic (exact) mass is 332 g/mol. The number of carboxylic acids is 3. The van der Waals surface area contributed by atoms with E-state index >= 15 is 0 Å². The van der Waals surface area contributed by atoms with Crippen molar-refractivity contribution in [1.82, 2.24) is 20.4 Å². The maximum Gasteiger partial charge on any atom is 0.332 e. The summed E-state index contributed by atoms with van der Waals surface area (Å²) in [5.41, 5.74) is 0. The topological polar surface area (TPSA) is 142 Å². The lowest BCUT2D eigenvalue weighted by Crippen LogP contribution is -2.52. The van der Waals surface area contributed by atoms with Crippen LogP contribution in [0.5, 0.6) is 0 Å². The summed E-state index contributed by atoms with van der Waals surface area (Å²) in [4.78, 5) is 36.3. The Balaban J connectivity index is 2.78. The van der Waals surface area contributed by atoms with Gasteiger partial charge in [-0.3, -0.25) is 14.6 Å². The van der Waals surface area contributed by atoms with Crippen LogP contribution in [-0.4, -0.2) is 108 Å². The predicted molar refractivity (Wildman–Crippen MR) is 80.4 cm³/mol. The lowest BCUT2D eigenvalue weighted by Gasteiger charge is -2.30. The molecule has 0 aromatic heterocycles. The highest BCUT2D eigenvalue weighted by atomic mass is 16.4. The summed E-state index contributed by atoms with van der Waals surface area (Å²) in [6.07, 6.45) is 0. The molecule has 23 heavy (non-hydrogen) atoms. The Morgan fingerprint density at radius 3 is 1.91 bits per heavy atom. The van der Waals surface area contributed by atoms with Crippen molar-refractivity contribution in [1.29, 1.82) is 0 Å². The summed E-state index contributed by atoms with van der Waals surface area (Å²) in [5.74, 6) is -3.81. The largest absolute Gasteiger partial charge is 0.480 e. The summed E-state index contributed by atoms with van der Waals surface area (Å²) in [7, 11) is 0. The van der Waals surface area contributed by atoms with Crippen LogP contribution in [0, 0.1) is 0 Å². The van der Waals surface area contributed by atoms with E-state index in [1.807, 2.05) is 0 Å². The first-order valence-electron chi connectivity index (χ1n) is 7.47. The zero-order chi connectivity index (χ0) is 17.2. The van der Waals surface area contributed by atoms with Gasteiger partial charge in [0.2, 0.25) is 6.04 Å². The highest BCUT2D eigenvalue weighted by molar-refractivity contribution is 5.97. The van der Waals surface area contributed by atoms with E-state index in [1.54, 1.807) is 4.90 Å². The van der Waals surface area contributed by atoms with Gasteiger partial charge in [0.25, 0.3) is 0 Å². The number of hydrogen-bond donors (Lipinski definition) is 5. The molecule has 1 aliphatic heterocycles. The van der Waals surface area contributed by atoms with Gasteiger partial charge in [-0.2, -0.15) is 0 Å². The third-order valence-electron chi connectivity index (χ3n) is 3.55. The van der Waals surface area contributed by atoms with Gasteiger partial charge in [-0.25, -0.2) is 9.59 Å². The first-order chi connectivity index (χ1) is 10.9.